The average molecular weight is 391 g/mol. The van der Waals surface area contributed by atoms with E-state index in [1.54, 1.807) is 0 Å². The van der Waals surface area contributed by atoms with E-state index in [-0.39, 0.29) is 21.2 Å². The van der Waals surface area contributed by atoms with Crippen molar-refractivity contribution >= 4 is 40.9 Å². The number of carbonyl (C=O) groups is 3. The molecule has 134 valence electrons. The Morgan fingerprint density at radius 1 is 1.04 bits per heavy atom. The van der Waals surface area contributed by atoms with E-state index < -0.39 is 23.8 Å². The molecule has 1 heterocycles. The number of nitrogens with zero attached hydrogens (tertiary/aromatic N) is 1. The predicted octanol–water partition coefficient (Wildman–Crippen LogP) is 3.60. The van der Waals surface area contributed by atoms with Crippen LogP contribution in [0.5, 0.6) is 0 Å². The average Bonchev–Trinajstić information content (AvgIpc) is 2.84. The molecule has 0 bridgehead atoms. The number of hydrogen-bond donors (Lipinski definition) is 1. The van der Waals surface area contributed by atoms with Crippen molar-refractivity contribution in [3.63, 3.8) is 0 Å². The van der Waals surface area contributed by atoms with Crippen LogP contribution in [0.2, 0.25) is 10.0 Å². The molecule has 0 radical (unpaired) electrons. The third-order valence-electron chi connectivity index (χ3n) is 4.31. The standard InChI is InChI=1S/C19H16Cl2N2O3/c1-10-3-5-12(6-4-10)9-22-17(24)11(2)23-18(25)13-7-15(20)16(21)8-14(13)19(23)26/h3-8,11H,9H2,1-2H3,(H,22,24)/t11-/m0/s1. The predicted molar refractivity (Wildman–Crippen MR) is 99.4 cm³/mol. The number of aryl methyl sites for hydroxylation is 1. The molecule has 0 spiro atoms. The minimum atomic E-state index is -0.953. The first-order valence-electron chi connectivity index (χ1n) is 7.99. The molecule has 1 N–H and O–H groups in total. The summed E-state index contributed by atoms with van der Waals surface area (Å²) >= 11 is 11.9. The smallest absolute Gasteiger partial charge is 0.262 e. The van der Waals surface area contributed by atoms with Gasteiger partial charge in [0, 0.05) is 6.54 Å². The van der Waals surface area contributed by atoms with Gasteiger partial charge in [-0.1, -0.05) is 53.0 Å². The molecule has 2 aromatic carbocycles. The summed E-state index contributed by atoms with van der Waals surface area (Å²) in [6, 6.07) is 9.47. The molecule has 3 rings (SSSR count). The molecular weight excluding hydrogens is 375 g/mol. The number of rotatable bonds is 4. The molecule has 1 atom stereocenters. The molecule has 3 amide bonds. The fourth-order valence-electron chi connectivity index (χ4n) is 2.76. The van der Waals surface area contributed by atoms with E-state index in [2.05, 4.69) is 5.32 Å². The van der Waals surface area contributed by atoms with Crippen molar-refractivity contribution in [1.29, 1.82) is 0 Å². The summed E-state index contributed by atoms with van der Waals surface area (Å²) < 4.78 is 0. The first kappa shape index (κ1) is 18.4. The summed E-state index contributed by atoms with van der Waals surface area (Å²) in [6.45, 7) is 3.80. The maximum Gasteiger partial charge on any atom is 0.262 e. The molecule has 5 nitrogen and oxygen atoms in total. The number of nitrogens with one attached hydrogen (secondary N) is 1. The lowest BCUT2D eigenvalue weighted by molar-refractivity contribution is -0.124. The number of halogens is 2. The number of fused-ring (bicyclic) bond motifs is 1. The molecule has 0 fully saturated rings. The van der Waals surface area contributed by atoms with Crippen molar-refractivity contribution in [3.8, 4) is 0 Å². The zero-order chi connectivity index (χ0) is 19.0. The molecule has 0 saturated carbocycles. The fraction of sp³-hybridized carbons (Fsp3) is 0.211. The van der Waals surface area contributed by atoms with E-state index in [4.69, 9.17) is 23.2 Å². The van der Waals surface area contributed by atoms with E-state index >= 15 is 0 Å². The van der Waals surface area contributed by atoms with Crippen LogP contribution in [0.4, 0.5) is 0 Å². The van der Waals surface area contributed by atoms with E-state index in [1.165, 1.54) is 19.1 Å². The van der Waals surface area contributed by atoms with Crippen molar-refractivity contribution in [1.82, 2.24) is 10.2 Å². The molecule has 26 heavy (non-hydrogen) atoms. The SMILES string of the molecule is Cc1ccc(CNC(=O)[C@H](C)N2C(=O)c3cc(Cl)c(Cl)cc3C2=O)cc1. The molecule has 1 aliphatic rings. The number of imide groups is 1. The van der Waals surface area contributed by atoms with Gasteiger partial charge in [0.15, 0.2) is 0 Å². The molecule has 7 heteroatoms. The Bertz CT molecular complexity index is 869. The summed E-state index contributed by atoms with van der Waals surface area (Å²) in [5, 5.41) is 3.12. The lowest BCUT2D eigenvalue weighted by Gasteiger charge is -2.21. The highest BCUT2D eigenvalue weighted by Crippen LogP contribution is 2.32. The van der Waals surface area contributed by atoms with Gasteiger partial charge < -0.3 is 5.32 Å². The van der Waals surface area contributed by atoms with Crippen molar-refractivity contribution in [3.05, 3.63) is 68.7 Å². The lowest BCUT2D eigenvalue weighted by Crippen LogP contribution is -2.47. The summed E-state index contributed by atoms with van der Waals surface area (Å²) in [7, 11) is 0. The first-order chi connectivity index (χ1) is 12.3. The molecule has 0 aliphatic carbocycles. The van der Waals surface area contributed by atoms with E-state index in [1.807, 2.05) is 31.2 Å². The normalized spacial score (nSPS) is 14.4. The van der Waals surface area contributed by atoms with Gasteiger partial charge in [-0.15, -0.1) is 0 Å². The van der Waals surface area contributed by atoms with Gasteiger partial charge >= 0.3 is 0 Å². The van der Waals surface area contributed by atoms with Crippen LogP contribution in [0.3, 0.4) is 0 Å². The maximum absolute atomic E-state index is 12.6. The fourth-order valence-corrected chi connectivity index (χ4v) is 3.09. The van der Waals surface area contributed by atoms with Crippen molar-refractivity contribution < 1.29 is 14.4 Å². The van der Waals surface area contributed by atoms with Gasteiger partial charge in [-0.2, -0.15) is 0 Å². The minimum Gasteiger partial charge on any atom is -0.350 e. The summed E-state index contributed by atoms with van der Waals surface area (Å²) in [5.74, 6) is -1.53. The van der Waals surface area contributed by atoms with Crippen LogP contribution in [0.1, 0.15) is 38.8 Å². The van der Waals surface area contributed by atoms with Gasteiger partial charge in [-0.05, 0) is 31.5 Å². The zero-order valence-corrected chi connectivity index (χ0v) is 15.7. The zero-order valence-electron chi connectivity index (χ0n) is 14.2. The first-order valence-corrected chi connectivity index (χ1v) is 8.75. The maximum atomic E-state index is 12.6. The van der Waals surface area contributed by atoms with E-state index in [9.17, 15) is 14.4 Å². The molecule has 0 unspecified atom stereocenters. The van der Waals surface area contributed by atoms with Crippen molar-refractivity contribution in [2.45, 2.75) is 26.4 Å². The highest BCUT2D eigenvalue weighted by molar-refractivity contribution is 6.43. The van der Waals surface area contributed by atoms with Gasteiger partial charge in [-0.3, -0.25) is 19.3 Å². The number of carbonyl (C=O) groups excluding carboxylic acids is 3. The number of benzene rings is 2. The summed E-state index contributed by atoms with van der Waals surface area (Å²) in [4.78, 5) is 38.5. The molecule has 1 aliphatic heterocycles. The van der Waals surface area contributed by atoms with Crippen molar-refractivity contribution in [2.24, 2.45) is 0 Å². The van der Waals surface area contributed by atoms with Crippen LogP contribution in [0.15, 0.2) is 36.4 Å². The van der Waals surface area contributed by atoms with Crippen LogP contribution in [0, 0.1) is 6.92 Å². The Hall–Kier alpha value is -2.37. The highest BCUT2D eigenvalue weighted by Gasteiger charge is 2.41. The molecular formula is C19H16Cl2N2O3. The Morgan fingerprint density at radius 2 is 1.54 bits per heavy atom. The third kappa shape index (κ3) is 3.32. The second-order valence-corrected chi connectivity index (χ2v) is 6.99. The molecule has 0 saturated heterocycles. The number of hydrogen-bond acceptors (Lipinski definition) is 3. The van der Waals surface area contributed by atoms with Gasteiger partial charge in [0.05, 0.1) is 21.2 Å². The monoisotopic (exact) mass is 390 g/mol. The van der Waals surface area contributed by atoms with Crippen LogP contribution >= 0.6 is 23.2 Å². The van der Waals surface area contributed by atoms with Crippen LogP contribution in [0.25, 0.3) is 0 Å². The number of amides is 3. The third-order valence-corrected chi connectivity index (χ3v) is 5.04. The van der Waals surface area contributed by atoms with E-state index in [0.717, 1.165) is 16.0 Å². The quantitative estimate of drug-likeness (QED) is 0.810. The van der Waals surface area contributed by atoms with Crippen molar-refractivity contribution in [2.75, 3.05) is 0 Å². The molecule has 2 aromatic rings. The van der Waals surface area contributed by atoms with Crippen LogP contribution in [-0.2, 0) is 11.3 Å². The van der Waals surface area contributed by atoms with Crippen LogP contribution in [-0.4, -0.2) is 28.7 Å². The topological polar surface area (TPSA) is 66.5 Å². The van der Waals surface area contributed by atoms with Gasteiger partial charge in [0.1, 0.15) is 6.04 Å². The second kappa shape index (κ2) is 7.09. The van der Waals surface area contributed by atoms with E-state index in [0.29, 0.717) is 6.54 Å². The largest absolute Gasteiger partial charge is 0.350 e. The van der Waals surface area contributed by atoms with Gasteiger partial charge in [-0.25, -0.2) is 0 Å². The molecule has 0 aromatic heterocycles. The summed E-state index contributed by atoms with van der Waals surface area (Å²) in [5.41, 5.74) is 2.36. The summed E-state index contributed by atoms with van der Waals surface area (Å²) in [6.07, 6.45) is 0. The second-order valence-electron chi connectivity index (χ2n) is 6.17. The lowest BCUT2D eigenvalue weighted by atomic mass is 10.1. The van der Waals surface area contributed by atoms with Gasteiger partial charge in [0.25, 0.3) is 11.8 Å². The van der Waals surface area contributed by atoms with Crippen LogP contribution < -0.4 is 5.32 Å². The Morgan fingerprint density at radius 3 is 2.04 bits per heavy atom. The minimum absolute atomic E-state index is 0.155. The Balaban J connectivity index is 1.74. The highest BCUT2D eigenvalue weighted by atomic mass is 35.5. The Kier molecular flexibility index (Phi) is 5.03. The Labute approximate surface area is 160 Å². The van der Waals surface area contributed by atoms with Gasteiger partial charge in [0.2, 0.25) is 5.91 Å².